The highest BCUT2D eigenvalue weighted by Gasteiger charge is 2.27. The summed E-state index contributed by atoms with van der Waals surface area (Å²) in [6.45, 7) is 9.03. The van der Waals surface area contributed by atoms with Gasteiger partial charge in [-0.3, -0.25) is 0 Å². The average molecular weight is 266 g/mol. The second-order valence-corrected chi connectivity index (χ2v) is 8.03. The van der Waals surface area contributed by atoms with Crippen LogP contribution >= 0.6 is 11.3 Å². The van der Waals surface area contributed by atoms with Gasteiger partial charge in [0.1, 0.15) is 0 Å². The van der Waals surface area contributed by atoms with Crippen LogP contribution in [0.4, 0.5) is 0 Å². The van der Waals surface area contributed by atoms with Crippen molar-refractivity contribution in [3.63, 3.8) is 0 Å². The molecule has 1 unspecified atom stereocenters. The molecule has 1 fully saturated rings. The molecule has 0 aliphatic heterocycles. The Balaban J connectivity index is 2.05. The number of rotatable bonds is 2. The third kappa shape index (κ3) is 3.16. The minimum Gasteiger partial charge on any atom is -0.387 e. The van der Waals surface area contributed by atoms with Crippen molar-refractivity contribution in [3.8, 4) is 0 Å². The number of thiophene rings is 1. The lowest BCUT2D eigenvalue weighted by atomic mass is 9.80. The molecule has 1 aliphatic carbocycles. The van der Waals surface area contributed by atoms with E-state index >= 15 is 0 Å². The number of hydrogen-bond acceptors (Lipinski definition) is 2. The lowest BCUT2D eigenvalue weighted by Crippen LogP contribution is -2.18. The van der Waals surface area contributed by atoms with Crippen LogP contribution in [0.25, 0.3) is 0 Å². The Hall–Kier alpha value is -0.340. The number of hydrogen-bond donors (Lipinski definition) is 1. The fourth-order valence-corrected chi connectivity index (χ4v) is 3.89. The normalized spacial score (nSPS) is 27.2. The van der Waals surface area contributed by atoms with Crippen LogP contribution in [0.15, 0.2) is 12.1 Å². The molecule has 2 heteroatoms. The van der Waals surface area contributed by atoms with Gasteiger partial charge in [-0.05, 0) is 42.2 Å². The van der Waals surface area contributed by atoms with E-state index in [-0.39, 0.29) is 11.5 Å². The first kappa shape index (κ1) is 14.1. The van der Waals surface area contributed by atoms with E-state index in [0.29, 0.717) is 5.92 Å². The fraction of sp³-hybridized carbons (Fsp3) is 0.750. The quantitative estimate of drug-likeness (QED) is 0.806. The second-order valence-electron chi connectivity index (χ2n) is 6.92. The molecular weight excluding hydrogens is 240 g/mol. The summed E-state index contributed by atoms with van der Waals surface area (Å²) in [4.78, 5) is 2.54. The summed E-state index contributed by atoms with van der Waals surface area (Å²) >= 11 is 1.79. The maximum absolute atomic E-state index is 10.5. The highest BCUT2D eigenvalue weighted by atomic mass is 32.1. The molecule has 1 saturated carbocycles. The molecule has 0 bridgehead atoms. The Labute approximate surface area is 115 Å². The van der Waals surface area contributed by atoms with Crippen molar-refractivity contribution in [3.05, 3.63) is 21.9 Å². The maximum Gasteiger partial charge on any atom is 0.0910 e. The molecule has 18 heavy (non-hydrogen) atoms. The van der Waals surface area contributed by atoms with Gasteiger partial charge >= 0.3 is 0 Å². The minimum atomic E-state index is -0.237. The smallest absolute Gasteiger partial charge is 0.0910 e. The minimum absolute atomic E-state index is 0.198. The fourth-order valence-electron chi connectivity index (χ4n) is 2.75. The highest BCUT2D eigenvalue weighted by Crippen LogP contribution is 2.40. The van der Waals surface area contributed by atoms with Crippen LogP contribution in [0.2, 0.25) is 0 Å². The molecule has 2 rings (SSSR count). The summed E-state index contributed by atoms with van der Waals surface area (Å²) in [5, 5.41) is 10.5. The molecule has 102 valence electrons. The summed E-state index contributed by atoms with van der Waals surface area (Å²) in [5.74, 6) is 1.33. The average Bonchev–Trinajstić information content (AvgIpc) is 2.78. The lowest BCUT2D eigenvalue weighted by molar-refractivity contribution is 0.0784. The Morgan fingerprint density at radius 3 is 2.28 bits per heavy atom. The summed E-state index contributed by atoms with van der Waals surface area (Å²) in [7, 11) is 0. The van der Waals surface area contributed by atoms with E-state index in [1.54, 1.807) is 11.3 Å². The predicted molar refractivity (Wildman–Crippen MR) is 79.1 cm³/mol. The van der Waals surface area contributed by atoms with Gasteiger partial charge in [0.25, 0.3) is 0 Å². The second kappa shape index (κ2) is 5.34. The summed E-state index contributed by atoms with van der Waals surface area (Å²) < 4.78 is 0. The molecule has 1 nitrogen and oxygen atoms in total. The van der Waals surface area contributed by atoms with Crippen molar-refractivity contribution >= 4 is 11.3 Å². The topological polar surface area (TPSA) is 20.2 Å². The molecule has 0 amide bonds. The first-order valence-electron chi connectivity index (χ1n) is 7.16. The van der Waals surface area contributed by atoms with Gasteiger partial charge in [0.15, 0.2) is 0 Å². The Bertz CT molecular complexity index is 380. The largest absolute Gasteiger partial charge is 0.387 e. The Morgan fingerprint density at radius 1 is 1.17 bits per heavy atom. The zero-order valence-corrected chi connectivity index (χ0v) is 12.9. The third-order valence-electron chi connectivity index (χ3n) is 4.16. The van der Waals surface area contributed by atoms with E-state index in [1.807, 2.05) is 0 Å². The molecule has 1 aromatic rings. The van der Waals surface area contributed by atoms with Crippen LogP contribution in [-0.2, 0) is 5.41 Å². The van der Waals surface area contributed by atoms with E-state index in [2.05, 4.69) is 39.8 Å². The van der Waals surface area contributed by atoms with Crippen molar-refractivity contribution < 1.29 is 5.11 Å². The standard InChI is InChI=1S/C16H26OS/c1-11-5-7-12(8-6-11)15(17)13-9-10-14(18-13)16(2,3)4/h9-12,15,17H,5-8H2,1-4H3. The zero-order chi connectivity index (χ0) is 13.3. The Kier molecular flexibility index (Phi) is 4.18. The monoisotopic (exact) mass is 266 g/mol. The molecule has 1 atom stereocenters. The van der Waals surface area contributed by atoms with Gasteiger partial charge in [-0.25, -0.2) is 0 Å². The van der Waals surface area contributed by atoms with Gasteiger partial charge in [-0.2, -0.15) is 0 Å². The molecule has 1 aromatic heterocycles. The summed E-state index contributed by atoms with van der Waals surface area (Å²) in [5.41, 5.74) is 0.198. The maximum atomic E-state index is 10.5. The van der Waals surface area contributed by atoms with Gasteiger partial charge in [0.05, 0.1) is 6.10 Å². The van der Waals surface area contributed by atoms with Crippen molar-refractivity contribution in [2.75, 3.05) is 0 Å². The van der Waals surface area contributed by atoms with E-state index in [4.69, 9.17) is 0 Å². The van der Waals surface area contributed by atoms with Crippen LogP contribution in [0, 0.1) is 11.8 Å². The first-order valence-corrected chi connectivity index (χ1v) is 7.98. The van der Waals surface area contributed by atoms with Gasteiger partial charge in [0.2, 0.25) is 0 Å². The van der Waals surface area contributed by atoms with Crippen LogP contribution in [0.5, 0.6) is 0 Å². The SMILES string of the molecule is CC1CCC(C(O)c2ccc(C(C)(C)C)s2)CC1. The van der Waals surface area contributed by atoms with Crippen molar-refractivity contribution in [1.29, 1.82) is 0 Å². The van der Waals surface area contributed by atoms with E-state index < -0.39 is 0 Å². The van der Waals surface area contributed by atoms with Crippen molar-refractivity contribution in [2.45, 2.75) is 64.9 Å². The molecule has 0 spiro atoms. The number of aliphatic hydroxyl groups excluding tert-OH is 1. The predicted octanol–water partition coefficient (Wildman–Crippen LogP) is 4.91. The molecule has 0 saturated heterocycles. The summed E-state index contributed by atoms with van der Waals surface area (Å²) in [6.07, 6.45) is 4.69. The zero-order valence-electron chi connectivity index (χ0n) is 12.1. The third-order valence-corrected chi connectivity index (χ3v) is 5.75. The van der Waals surface area contributed by atoms with Crippen molar-refractivity contribution in [2.24, 2.45) is 11.8 Å². The molecule has 1 heterocycles. The van der Waals surface area contributed by atoms with Crippen LogP contribution in [0.3, 0.4) is 0 Å². The first-order chi connectivity index (χ1) is 8.38. The van der Waals surface area contributed by atoms with Crippen LogP contribution in [0.1, 0.15) is 69.2 Å². The van der Waals surface area contributed by atoms with E-state index in [0.717, 1.165) is 5.92 Å². The van der Waals surface area contributed by atoms with Crippen LogP contribution < -0.4 is 0 Å². The summed E-state index contributed by atoms with van der Waals surface area (Å²) in [6, 6.07) is 4.32. The molecular formula is C16H26OS. The highest BCUT2D eigenvalue weighted by molar-refractivity contribution is 7.12. The van der Waals surface area contributed by atoms with Gasteiger partial charge < -0.3 is 5.11 Å². The van der Waals surface area contributed by atoms with E-state index in [1.165, 1.54) is 35.4 Å². The lowest BCUT2D eigenvalue weighted by Gasteiger charge is -2.29. The molecule has 1 aliphatic rings. The molecule has 1 N–H and O–H groups in total. The van der Waals surface area contributed by atoms with Gasteiger partial charge in [0, 0.05) is 9.75 Å². The molecule has 0 radical (unpaired) electrons. The van der Waals surface area contributed by atoms with Gasteiger partial charge in [-0.1, -0.05) is 40.5 Å². The Morgan fingerprint density at radius 2 is 1.78 bits per heavy atom. The number of aliphatic hydroxyl groups is 1. The molecule has 0 aromatic carbocycles. The van der Waals surface area contributed by atoms with Gasteiger partial charge in [-0.15, -0.1) is 11.3 Å². The van der Waals surface area contributed by atoms with Crippen molar-refractivity contribution in [1.82, 2.24) is 0 Å². The van der Waals surface area contributed by atoms with Crippen LogP contribution in [-0.4, -0.2) is 5.11 Å². The van der Waals surface area contributed by atoms with E-state index in [9.17, 15) is 5.11 Å².